The number of piperidine rings is 1. The third-order valence-electron chi connectivity index (χ3n) is 2.52. The van der Waals surface area contributed by atoms with E-state index in [4.69, 9.17) is 11.6 Å². The van der Waals surface area contributed by atoms with Gasteiger partial charge < -0.3 is 4.90 Å². The number of aromatic nitrogens is 1. The lowest BCUT2D eigenvalue weighted by Crippen LogP contribution is -2.39. The van der Waals surface area contributed by atoms with Crippen molar-refractivity contribution >= 4 is 17.4 Å². The Hall–Kier alpha value is -0.900. The maximum atomic E-state index is 12.9. The smallest absolute Gasteiger partial charge is 0.251 e. The Bertz CT molecular complexity index is 347. The summed E-state index contributed by atoms with van der Waals surface area (Å²) < 4.78 is 25.8. The molecule has 0 spiro atoms. The van der Waals surface area contributed by atoms with Gasteiger partial charge in [0.25, 0.3) is 5.92 Å². The SMILES string of the molecule is FC1(F)CCN(c2cccc(Cl)n2)CC1. The van der Waals surface area contributed by atoms with Crippen molar-refractivity contribution in [3.05, 3.63) is 23.4 Å². The predicted molar refractivity (Wildman–Crippen MR) is 55.6 cm³/mol. The molecule has 5 heteroatoms. The van der Waals surface area contributed by atoms with Gasteiger partial charge in [-0.15, -0.1) is 0 Å². The Morgan fingerprint density at radius 1 is 1.27 bits per heavy atom. The molecule has 0 atom stereocenters. The van der Waals surface area contributed by atoms with Gasteiger partial charge in [0.15, 0.2) is 0 Å². The van der Waals surface area contributed by atoms with E-state index in [1.54, 1.807) is 18.2 Å². The molecular weight excluding hydrogens is 222 g/mol. The number of rotatable bonds is 1. The van der Waals surface area contributed by atoms with E-state index in [-0.39, 0.29) is 12.8 Å². The van der Waals surface area contributed by atoms with E-state index in [1.165, 1.54) is 0 Å². The molecule has 15 heavy (non-hydrogen) atoms. The van der Waals surface area contributed by atoms with Crippen molar-refractivity contribution in [2.45, 2.75) is 18.8 Å². The van der Waals surface area contributed by atoms with Gasteiger partial charge in [-0.3, -0.25) is 0 Å². The number of anilines is 1. The van der Waals surface area contributed by atoms with Crippen molar-refractivity contribution in [3.63, 3.8) is 0 Å². The number of halogens is 3. The highest BCUT2D eigenvalue weighted by molar-refractivity contribution is 6.29. The van der Waals surface area contributed by atoms with Crippen molar-refractivity contribution in [1.29, 1.82) is 0 Å². The Kier molecular flexibility index (Phi) is 2.78. The minimum atomic E-state index is -2.52. The van der Waals surface area contributed by atoms with E-state index >= 15 is 0 Å². The fourth-order valence-electron chi connectivity index (χ4n) is 1.64. The normalized spacial score (nSPS) is 20.3. The van der Waals surface area contributed by atoms with E-state index in [1.807, 2.05) is 4.90 Å². The maximum Gasteiger partial charge on any atom is 0.251 e. The molecule has 1 aromatic rings. The lowest BCUT2D eigenvalue weighted by Gasteiger charge is -2.32. The standard InChI is InChI=1S/C10H11ClF2N2/c11-8-2-1-3-9(14-8)15-6-4-10(12,13)5-7-15/h1-3H,4-7H2. The van der Waals surface area contributed by atoms with E-state index in [0.717, 1.165) is 0 Å². The molecule has 0 radical (unpaired) electrons. The molecule has 0 N–H and O–H groups in total. The molecule has 1 saturated heterocycles. The second kappa shape index (κ2) is 3.93. The Balaban J connectivity index is 2.08. The van der Waals surface area contributed by atoms with Gasteiger partial charge in [0.05, 0.1) is 0 Å². The van der Waals surface area contributed by atoms with Gasteiger partial charge in [0.1, 0.15) is 11.0 Å². The van der Waals surface area contributed by atoms with E-state index in [9.17, 15) is 8.78 Å². The molecule has 1 fully saturated rings. The van der Waals surface area contributed by atoms with E-state index in [2.05, 4.69) is 4.98 Å². The average molecular weight is 233 g/mol. The zero-order chi connectivity index (χ0) is 10.9. The van der Waals surface area contributed by atoms with Crippen LogP contribution in [0.3, 0.4) is 0 Å². The first-order valence-electron chi connectivity index (χ1n) is 4.82. The molecular formula is C10H11ClF2N2. The molecule has 2 nitrogen and oxygen atoms in total. The summed E-state index contributed by atoms with van der Waals surface area (Å²) in [6.07, 6.45) is -0.220. The van der Waals surface area contributed by atoms with Gasteiger partial charge in [-0.2, -0.15) is 0 Å². The highest BCUT2D eigenvalue weighted by Crippen LogP contribution is 2.29. The number of nitrogens with zero attached hydrogens (tertiary/aromatic N) is 2. The van der Waals surface area contributed by atoms with Crippen molar-refractivity contribution in [1.82, 2.24) is 4.98 Å². The van der Waals surface area contributed by atoms with Crippen LogP contribution in [0.5, 0.6) is 0 Å². The number of hydrogen-bond acceptors (Lipinski definition) is 2. The van der Waals surface area contributed by atoms with Gasteiger partial charge in [-0.1, -0.05) is 17.7 Å². The molecule has 0 amide bonds. The van der Waals surface area contributed by atoms with Gasteiger partial charge >= 0.3 is 0 Å². The molecule has 0 aliphatic carbocycles. The van der Waals surface area contributed by atoms with Crippen molar-refractivity contribution < 1.29 is 8.78 Å². The van der Waals surface area contributed by atoms with Crippen molar-refractivity contribution in [2.75, 3.05) is 18.0 Å². The number of pyridine rings is 1. The van der Waals surface area contributed by atoms with Crippen LogP contribution in [0.25, 0.3) is 0 Å². The quantitative estimate of drug-likeness (QED) is 0.692. The van der Waals surface area contributed by atoms with Crippen LogP contribution in [0.2, 0.25) is 5.15 Å². The molecule has 1 aliphatic rings. The van der Waals surface area contributed by atoms with Gasteiger partial charge in [0.2, 0.25) is 0 Å². The fourth-order valence-corrected chi connectivity index (χ4v) is 1.80. The highest BCUT2D eigenvalue weighted by Gasteiger charge is 2.34. The Morgan fingerprint density at radius 3 is 2.53 bits per heavy atom. The van der Waals surface area contributed by atoms with Gasteiger partial charge in [-0.05, 0) is 12.1 Å². The summed E-state index contributed by atoms with van der Waals surface area (Å²) in [4.78, 5) is 5.93. The van der Waals surface area contributed by atoms with E-state index < -0.39 is 5.92 Å². The summed E-state index contributed by atoms with van der Waals surface area (Å²) in [5, 5.41) is 0.393. The third-order valence-corrected chi connectivity index (χ3v) is 2.73. The van der Waals surface area contributed by atoms with Gasteiger partial charge in [0, 0.05) is 25.9 Å². The minimum absolute atomic E-state index is 0.110. The summed E-state index contributed by atoms with van der Waals surface area (Å²) in [5.74, 6) is -1.84. The van der Waals surface area contributed by atoms with E-state index in [0.29, 0.717) is 24.1 Å². The fraction of sp³-hybridized carbons (Fsp3) is 0.500. The summed E-state index contributed by atoms with van der Waals surface area (Å²) in [5.41, 5.74) is 0. The summed E-state index contributed by atoms with van der Waals surface area (Å²) in [6.45, 7) is 0.667. The highest BCUT2D eigenvalue weighted by atomic mass is 35.5. The zero-order valence-corrected chi connectivity index (χ0v) is 8.84. The largest absolute Gasteiger partial charge is 0.356 e. The third kappa shape index (κ3) is 2.56. The monoisotopic (exact) mass is 232 g/mol. The molecule has 2 rings (SSSR count). The molecule has 1 aromatic heterocycles. The molecule has 1 aliphatic heterocycles. The van der Waals surface area contributed by atoms with Crippen LogP contribution < -0.4 is 4.90 Å². The second-order valence-electron chi connectivity index (χ2n) is 3.66. The van der Waals surface area contributed by atoms with Crippen LogP contribution in [-0.4, -0.2) is 24.0 Å². The first-order chi connectivity index (χ1) is 7.07. The lowest BCUT2D eigenvalue weighted by molar-refractivity contribution is -0.0221. The maximum absolute atomic E-state index is 12.9. The molecule has 0 bridgehead atoms. The van der Waals surface area contributed by atoms with Crippen molar-refractivity contribution in [2.24, 2.45) is 0 Å². The first kappa shape index (κ1) is 10.6. The van der Waals surface area contributed by atoms with Crippen LogP contribution in [-0.2, 0) is 0 Å². The Labute approximate surface area is 91.9 Å². The van der Waals surface area contributed by atoms with Gasteiger partial charge in [-0.25, -0.2) is 13.8 Å². The van der Waals surface area contributed by atoms with Crippen LogP contribution in [0, 0.1) is 0 Å². The molecule has 0 unspecified atom stereocenters. The van der Waals surface area contributed by atoms with Crippen LogP contribution in [0.15, 0.2) is 18.2 Å². The van der Waals surface area contributed by atoms with Crippen molar-refractivity contribution in [3.8, 4) is 0 Å². The number of alkyl halides is 2. The topological polar surface area (TPSA) is 16.1 Å². The molecule has 82 valence electrons. The predicted octanol–water partition coefficient (Wildman–Crippen LogP) is 2.97. The van der Waals surface area contributed by atoms with Crippen LogP contribution in [0.4, 0.5) is 14.6 Å². The molecule has 0 aromatic carbocycles. The minimum Gasteiger partial charge on any atom is -0.356 e. The van der Waals surface area contributed by atoms with Crippen LogP contribution in [0.1, 0.15) is 12.8 Å². The number of hydrogen-bond donors (Lipinski definition) is 0. The first-order valence-corrected chi connectivity index (χ1v) is 5.20. The summed E-state index contributed by atoms with van der Waals surface area (Å²) in [7, 11) is 0. The summed E-state index contributed by atoms with van der Waals surface area (Å²) >= 11 is 5.73. The molecule has 2 heterocycles. The molecule has 0 saturated carbocycles. The zero-order valence-electron chi connectivity index (χ0n) is 8.09. The second-order valence-corrected chi connectivity index (χ2v) is 4.05. The van der Waals surface area contributed by atoms with Crippen LogP contribution >= 0.6 is 11.6 Å². The lowest BCUT2D eigenvalue weighted by atomic mass is 10.1. The Morgan fingerprint density at radius 2 is 1.93 bits per heavy atom. The summed E-state index contributed by atoms with van der Waals surface area (Å²) in [6, 6.07) is 5.23. The average Bonchev–Trinajstić information content (AvgIpc) is 2.17.